The zero-order valence-corrected chi connectivity index (χ0v) is 6.75. The lowest BCUT2D eigenvalue weighted by Gasteiger charge is -1.91. The molecule has 0 rings (SSSR count). The number of rotatable bonds is 4. The fraction of sp³-hybridized carbons (Fsp3) is 0.111. The standard InChI is InChI=1S/C9H12N2/c1-5-8(3)11-9(6-2)7-10-4/h5-7H,1-2,4H2,3H3/b9-7-,11-8+. The van der Waals surface area contributed by atoms with Gasteiger partial charge in [0.1, 0.15) is 0 Å². The topological polar surface area (TPSA) is 24.7 Å². The normalized spacial score (nSPS) is 12.5. The van der Waals surface area contributed by atoms with E-state index in [1.807, 2.05) is 6.92 Å². The maximum atomic E-state index is 4.11. The molecule has 0 aromatic rings. The summed E-state index contributed by atoms with van der Waals surface area (Å²) in [6.07, 6.45) is 4.82. The Morgan fingerprint density at radius 3 is 2.27 bits per heavy atom. The van der Waals surface area contributed by atoms with Crippen LogP contribution in [0.5, 0.6) is 0 Å². The molecular weight excluding hydrogens is 136 g/mol. The Kier molecular flexibility index (Phi) is 4.65. The lowest BCUT2D eigenvalue weighted by atomic mass is 10.4. The zero-order chi connectivity index (χ0) is 8.69. The largest absolute Gasteiger partial charge is 0.270 e. The summed E-state index contributed by atoms with van der Waals surface area (Å²) in [5, 5.41) is 0. The van der Waals surface area contributed by atoms with Crippen LogP contribution in [0.4, 0.5) is 0 Å². The molecule has 0 amide bonds. The van der Waals surface area contributed by atoms with E-state index >= 15 is 0 Å². The van der Waals surface area contributed by atoms with Crippen LogP contribution in [0.1, 0.15) is 6.92 Å². The Morgan fingerprint density at radius 1 is 1.27 bits per heavy atom. The first-order valence-electron chi connectivity index (χ1n) is 3.20. The first kappa shape index (κ1) is 9.56. The van der Waals surface area contributed by atoms with Gasteiger partial charge in [-0.15, -0.1) is 0 Å². The van der Waals surface area contributed by atoms with Gasteiger partial charge in [-0.3, -0.25) is 9.98 Å². The first-order valence-corrected chi connectivity index (χ1v) is 3.20. The van der Waals surface area contributed by atoms with Crippen molar-refractivity contribution in [1.29, 1.82) is 0 Å². The van der Waals surface area contributed by atoms with Gasteiger partial charge in [-0.05, 0) is 25.8 Å². The summed E-state index contributed by atoms with van der Waals surface area (Å²) in [5.74, 6) is 0. The van der Waals surface area contributed by atoms with Gasteiger partial charge in [-0.2, -0.15) is 0 Å². The SMILES string of the molecule is C=CC(=C/N=C)/N=C(\C)C=C. The van der Waals surface area contributed by atoms with Gasteiger partial charge in [0.25, 0.3) is 0 Å². The minimum atomic E-state index is 0.692. The average molecular weight is 148 g/mol. The summed E-state index contributed by atoms with van der Waals surface area (Å²) >= 11 is 0. The van der Waals surface area contributed by atoms with Crippen LogP contribution >= 0.6 is 0 Å². The molecule has 0 saturated heterocycles. The van der Waals surface area contributed by atoms with E-state index < -0.39 is 0 Å². The average Bonchev–Trinajstić information content (AvgIpc) is 2.03. The molecule has 0 aromatic carbocycles. The predicted octanol–water partition coefficient (Wildman–Crippen LogP) is 2.36. The third kappa shape index (κ3) is 4.03. The van der Waals surface area contributed by atoms with Crippen LogP contribution in [0.15, 0.2) is 47.2 Å². The van der Waals surface area contributed by atoms with Gasteiger partial charge < -0.3 is 0 Å². The van der Waals surface area contributed by atoms with Crippen molar-refractivity contribution in [2.75, 3.05) is 0 Å². The maximum Gasteiger partial charge on any atom is 0.0809 e. The van der Waals surface area contributed by atoms with E-state index in [2.05, 4.69) is 29.9 Å². The molecule has 2 heteroatoms. The van der Waals surface area contributed by atoms with Gasteiger partial charge in [0, 0.05) is 5.71 Å². The number of aliphatic imine (C=N–C) groups is 2. The molecule has 0 saturated carbocycles. The van der Waals surface area contributed by atoms with Gasteiger partial charge in [0.15, 0.2) is 0 Å². The minimum absolute atomic E-state index is 0.692. The van der Waals surface area contributed by atoms with Crippen molar-refractivity contribution in [1.82, 2.24) is 0 Å². The van der Waals surface area contributed by atoms with E-state index in [9.17, 15) is 0 Å². The lowest BCUT2D eigenvalue weighted by molar-refractivity contribution is 1.36. The van der Waals surface area contributed by atoms with Gasteiger partial charge in [0.2, 0.25) is 0 Å². The fourth-order valence-corrected chi connectivity index (χ4v) is 0.470. The van der Waals surface area contributed by atoms with Crippen molar-refractivity contribution in [3.8, 4) is 0 Å². The molecule has 0 atom stereocenters. The van der Waals surface area contributed by atoms with E-state index in [-0.39, 0.29) is 0 Å². The lowest BCUT2D eigenvalue weighted by Crippen LogP contribution is -1.83. The van der Waals surface area contributed by atoms with Crippen molar-refractivity contribution < 1.29 is 0 Å². The Bertz CT molecular complexity index is 222. The van der Waals surface area contributed by atoms with E-state index in [0.717, 1.165) is 5.71 Å². The molecule has 0 bridgehead atoms. The quantitative estimate of drug-likeness (QED) is 0.432. The number of allylic oxidation sites excluding steroid dienone is 2. The van der Waals surface area contributed by atoms with Crippen LogP contribution < -0.4 is 0 Å². The van der Waals surface area contributed by atoms with Crippen molar-refractivity contribution in [2.45, 2.75) is 6.92 Å². The second-order valence-corrected chi connectivity index (χ2v) is 1.90. The maximum absolute atomic E-state index is 4.11. The second kappa shape index (κ2) is 5.35. The van der Waals surface area contributed by atoms with Crippen molar-refractivity contribution in [3.63, 3.8) is 0 Å². The summed E-state index contributed by atoms with van der Waals surface area (Å²) in [7, 11) is 0. The summed E-state index contributed by atoms with van der Waals surface area (Å²) in [4.78, 5) is 7.68. The summed E-state index contributed by atoms with van der Waals surface area (Å²) in [5.41, 5.74) is 1.53. The molecule has 0 spiro atoms. The molecule has 0 heterocycles. The highest BCUT2D eigenvalue weighted by Crippen LogP contribution is 1.98. The smallest absolute Gasteiger partial charge is 0.0809 e. The monoisotopic (exact) mass is 148 g/mol. The molecule has 0 radical (unpaired) electrons. The molecule has 11 heavy (non-hydrogen) atoms. The van der Waals surface area contributed by atoms with Crippen LogP contribution in [-0.2, 0) is 0 Å². The third-order valence-corrected chi connectivity index (χ3v) is 1.03. The Morgan fingerprint density at radius 2 is 1.91 bits per heavy atom. The molecule has 0 unspecified atom stereocenters. The van der Waals surface area contributed by atoms with Crippen LogP contribution in [-0.4, -0.2) is 12.4 Å². The van der Waals surface area contributed by atoms with Crippen molar-refractivity contribution >= 4 is 12.4 Å². The molecular formula is C9H12N2. The van der Waals surface area contributed by atoms with Gasteiger partial charge in [0.05, 0.1) is 11.9 Å². The molecule has 0 aromatic heterocycles. The zero-order valence-electron chi connectivity index (χ0n) is 6.75. The molecule has 2 nitrogen and oxygen atoms in total. The van der Waals surface area contributed by atoms with Crippen LogP contribution in [0.25, 0.3) is 0 Å². The van der Waals surface area contributed by atoms with E-state index in [1.54, 1.807) is 18.4 Å². The molecule has 58 valence electrons. The van der Waals surface area contributed by atoms with Crippen molar-refractivity contribution in [3.05, 3.63) is 37.2 Å². The van der Waals surface area contributed by atoms with E-state index in [0.29, 0.717) is 5.70 Å². The fourth-order valence-electron chi connectivity index (χ4n) is 0.470. The summed E-state index contributed by atoms with van der Waals surface area (Å²) in [6, 6.07) is 0. The van der Waals surface area contributed by atoms with Gasteiger partial charge >= 0.3 is 0 Å². The van der Waals surface area contributed by atoms with Crippen LogP contribution in [0.3, 0.4) is 0 Å². The molecule has 0 fully saturated rings. The van der Waals surface area contributed by atoms with Gasteiger partial charge in [-0.1, -0.05) is 13.2 Å². The number of hydrogen-bond donors (Lipinski definition) is 0. The first-order chi connectivity index (χ1) is 5.24. The Hall–Kier alpha value is -1.44. The molecule has 0 aliphatic rings. The number of hydrogen-bond acceptors (Lipinski definition) is 2. The van der Waals surface area contributed by atoms with E-state index in [1.165, 1.54) is 0 Å². The van der Waals surface area contributed by atoms with Gasteiger partial charge in [-0.25, -0.2) is 0 Å². The number of nitrogens with zero attached hydrogens (tertiary/aromatic N) is 2. The highest BCUT2D eigenvalue weighted by atomic mass is 14.8. The Labute approximate surface area is 67.4 Å². The Balaban J connectivity index is 4.53. The molecule has 0 aliphatic heterocycles. The molecule has 0 aliphatic carbocycles. The second-order valence-electron chi connectivity index (χ2n) is 1.90. The summed E-state index contributed by atoms with van der Waals surface area (Å²) < 4.78 is 0. The van der Waals surface area contributed by atoms with E-state index in [4.69, 9.17) is 0 Å². The third-order valence-electron chi connectivity index (χ3n) is 1.03. The van der Waals surface area contributed by atoms with Crippen LogP contribution in [0.2, 0.25) is 0 Å². The predicted molar refractivity (Wildman–Crippen MR) is 51.1 cm³/mol. The highest BCUT2D eigenvalue weighted by molar-refractivity contribution is 5.93. The summed E-state index contributed by atoms with van der Waals surface area (Å²) in [6.45, 7) is 12.3. The minimum Gasteiger partial charge on any atom is -0.270 e. The highest BCUT2D eigenvalue weighted by Gasteiger charge is 1.85. The molecule has 0 N–H and O–H groups in total. The van der Waals surface area contributed by atoms with Crippen molar-refractivity contribution in [2.24, 2.45) is 9.98 Å². The van der Waals surface area contributed by atoms with Crippen LogP contribution in [0, 0.1) is 0 Å².